The molecule has 4 nitrogen and oxygen atoms in total. The van der Waals surface area contributed by atoms with Gasteiger partial charge in [-0.2, -0.15) is 0 Å². The van der Waals surface area contributed by atoms with E-state index in [9.17, 15) is 4.79 Å². The summed E-state index contributed by atoms with van der Waals surface area (Å²) in [5.41, 5.74) is 8.19. The number of amides is 1. The fraction of sp³-hybridized carbons (Fsp3) is 0.105. The van der Waals surface area contributed by atoms with E-state index < -0.39 is 0 Å². The number of anilines is 3. The first-order chi connectivity index (χ1) is 11.6. The molecule has 2 aromatic rings. The number of nitrogens with two attached hydrogens (primary N) is 1. The van der Waals surface area contributed by atoms with Gasteiger partial charge in [0.25, 0.3) is 5.91 Å². The molecular weight excluding hydrogens is 322 g/mol. The van der Waals surface area contributed by atoms with Gasteiger partial charge >= 0.3 is 0 Å². The monoisotopic (exact) mass is 341 g/mol. The first kappa shape index (κ1) is 17.6. The fourth-order valence-electron chi connectivity index (χ4n) is 2.35. The summed E-state index contributed by atoms with van der Waals surface area (Å²) in [6, 6.07) is 12.3. The number of nitrogens with one attached hydrogen (secondary N) is 1. The number of hydrogen-bond donors (Lipinski definition) is 2. The van der Waals surface area contributed by atoms with Crippen LogP contribution in [-0.2, 0) is 0 Å². The topological polar surface area (TPSA) is 58.4 Å². The first-order valence-corrected chi connectivity index (χ1v) is 7.86. The molecule has 0 saturated carbocycles. The molecule has 0 bridgehead atoms. The highest BCUT2D eigenvalue weighted by molar-refractivity contribution is 6.31. The van der Waals surface area contributed by atoms with E-state index in [4.69, 9.17) is 17.3 Å². The van der Waals surface area contributed by atoms with Gasteiger partial charge < -0.3 is 16.0 Å². The molecule has 3 N–H and O–H groups in total. The summed E-state index contributed by atoms with van der Waals surface area (Å²) in [6.07, 6.45) is 3.57. The summed E-state index contributed by atoms with van der Waals surface area (Å²) in [6.45, 7) is 8.74. The number of carbonyl (C=O) groups excluding carboxylic acids is 1. The maximum absolute atomic E-state index is 12.7. The predicted octanol–water partition coefficient (Wildman–Crippen LogP) is 4.35. The highest BCUT2D eigenvalue weighted by Gasteiger charge is 2.16. The van der Waals surface area contributed by atoms with E-state index in [-0.39, 0.29) is 5.91 Å². The second kappa shape index (κ2) is 8.22. The second-order valence-electron chi connectivity index (χ2n) is 5.19. The first-order valence-electron chi connectivity index (χ1n) is 7.49. The Labute approximate surface area is 147 Å². The average molecular weight is 342 g/mol. The molecule has 0 heterocycles. The molecule has 0 aliphatic heterocycles. The van der Waals surface area contributed by atoms with Crippen LogP contribution in [-0.4, -0.2) is 19.0 Å². The molecule has 124 valence electrons. The van der Waals surface area contributed by atoms with Crippen LogP contribution >= 0.6 is 11.6 Å². The van der Waals surface area contributed by atoms with Crippen LogP contribution in [0.1, 0.15) is 10.4 Å². The third-order valence-electron chi connectivity index (χ3n) is 3.45. The van der Waals surface area contributed by atoms with Crippen molar-refractivity contribution in [2.45, 2.75) is 0 Å². The van der Waals surface area contributed by atoms with Crippen LogP contribution in [0.25, 0.3) is 0 Å². The highest BCUT2D eigenvalue weighted by atomic mass is 35.5. The molecule has 0 fully saturated rings. The third kappa shape index (κ3) is 4.18. The Morgan fingerprint density at radius 3 is 2.50 bits per heavy atom. The van der Waals surface area contributed by atoms with E-state index in [1.165, 1.54) is 0 Å². The molecule has 2 aromatic carbocycles. The van der Waals surface area contributed by atoms with Crippen LogP contribution in [0.5, 0.6) is 0 Å². The van der Waals surface area contributed by atoms with E-state index in [0.717, 1.165) is 5.69 Å². The van der Waals surface area contributed by atoms with Gasteiger partial charge in [0.2, 0.25) is 0 Å². The van der Waals surface area contributed by atoms with Crippen molar-refractivity contribution in [1.29, 1.82) is 0 Å². The molecule has 2 rings (SSSR count). The number of hydrogen-bond acceptors (Lipinski definition) is 3. The average Bonchev–Trinajstić information content (AvgIpc) is 2.58. The molecule has 5 heteroatoms. The van der Waals surface area contributed by atoms with Crippen molar-refractivity contribution >= 4 is 34.6 Å². The third-order valence-corrected chi connectivity index (χ3v) is 3.69. The molecule has 0 unspecified atom stereocenters. The lowest BCUT2D eigenvalue weighted by Gasteiger charge is -2.24. The second-order valence-corrected chi connectivity index (χ2v) is 5.62. The van der Waals surface area contributed by atoms with Crippen LogP contribution in [0, 0.1) is 0 Å². The fourth-order valence-corrected chi connectivity index (χ4v) is 2.52. The lowest BCUT2D eigenvalue weighted by molar-refractivity contribution is 0.102. The Bertz CT molecular complexity index is 748. The highest BCUT2D eigenvalue weighted by Crippen LogP contribution is 2.26. The van der Waals surface area contributed by atoms with Crippen molar-refractivity contribution in [2.75, 3.05) is 29.0 Å². The van der Waals surface area contributed by atoms with Gasteiger partial charge in [-0.25, -0.2) is 0 Å². The Morgan fingerprint density at radius 1 is 1.17 bits per heavy atom. The van der Waals surface area contributed by atoms with Gasteiger partial charge in [0.05, 0.1) is 22.6 Å². The van der Waals surface area contributed by atoms with Gasteiger partial charge in [0.1, 0.15) is 0 Å². The summed E-state index contributed by atoms with van der Waals surface area (Å²) in [4.78, 5) is 14.7. The summed E-state index contributed by atoms with van der Waals surface area (Å²) >= 11 is 5.97. The Morgan fingerprint density at radius 2 is 1.83 bits per heavy atom. The minimum atomic E-state index is -0.252. The molecule has 0 atom stereocenters. The van der Waals surface area contributed by atoms with Crippen molar-refractivity contribution in [1.82, 2.24) is 0 Å². The van der Waals surface area contributed by atoms with Crippen molar-refractivity contribution in [3.63, 3.8) is 0 Å². The minimum Gasteiger partial charge on any atom is -0.397 e. The number of para-hydroxylation sites is 1. The van der Waals surface area contributed by atoms with Crippen LogP contribution < -0.4 is 16.0 Å². The van der Waals surface area contributed by atoms with E-state index in [2.05, 4.69) is 18.5 Å². The Balaban J connectivity index is 2.34. The summed E-state index contributed by atoms with van der Waals surface area (Å²) in [5, 5.41) is 3.33. The van der Waals surface area contributed by atoms with Gasteiger partial charge in [0, 0.05) is 18.1 Å². The molecule has 1 amide bonds. The minimum absolute atomic E-state index is 0.252. The van der Waals surface area contributed by atoms with E-state index in [0.29, 0.717) is 35.1 Å². The van der Waals surface area contributed by atoms with Crippen molar-refractivity contribution in [3.8, 4) is 0 Å². The van der Waals surface area contributed by atoms with E-state index in [1.807, 2.05) is 23.1 Å². The molecule has 0 saturated heterocycles. The quantitative estimate of drug-likeness (QED) is 0.581. The maximum Gasteiger partial charge on any atom is 0.257 e. The lowest BCUT2D eigenvalue weighted by atomic mass is 10.1. The van der Waals surface area contributed by atoms with Crippen molar-refractivity contribution < 1.29 is 4.79 Å². The van der Waals surface area contributed by atoms with Gasteiger partial charge in [-0.3, -0.25) is 4.79 Å². The summed E-state index contributed by atoms with van der Waals surface area (Å²) < 4.78 is 0. The number of rotatable bonds is 7. The van der Waals surface area contributed by atoms with Gasteiger partial charge in [-0.15, -0.1) is 13.2 Å². The van der Waals surface area contributed by atoms with Crippen molar-refractivity contribution in [2.24, 2.45) is 0 Å². The standard InChI is InChI=1S/C19H20ClN3O/c1-3-11-23(12-4-2)18-8-6-5-7-15(18)19(24)22-17-13-14(20)9-10-16(17)21/h3-10,13H,1-2,11-12,21H2,(H,22,24). The zero-order valence-corrected chi connectivity index (χ0v) is 14.1. The largest absolute Gasteiger partial charge is 0.397 e. The number of benzene rings is 2. The zero-order valence-electron chi connectivity index (χ0n) is 13.3. The lowest BCUT2D eigenvalue weighted by Crippen LogP contribution is -2.26. The normalized spacial score (nSPS) is 10.0. The number of carbonyl (C=O) groups is 1. The summed E-state index contributed by atoms with van der Waals surface area (Å²) in [5.74, 6) is -0.252. The van der Waals surface area contributed by atoms with Gasteiger partial charge in [-0.1, -0.05) is 35.9 Å². The molecule has 24 heavy (non-hydrogen) atoms. The molecule has 0 aliphatic rings. The predicted molar refractivity (Wildman–Crippen MR) is 103 cm³/mol. The van der Waals surface area contributed by atoms with Crippen LogP contribution in [0.4, 0.5) is 17.1 Å². The van der Waals surface area contributed by atoms with Crippen LogP contribution in [0.3, 0.4) is 0 Å². The number of nitrogen functional groups attached to an aromatic ring is 1. The molecule has 0 aromatic heterocycles. The SMILES string of the molecule is C=CCN(CC=C)c1ccccc1C(=O)Nc1cc(Cl)ccc1N. The molecule has 0 aliphatic carbocycles. The number of nitrogens with zero attached hydrogens (tertiary/aromatic N) is 1. The van der Waals surface area contributed by atoms with E-state index in [1.54, 1.807) is 36.4 Å². The Hall–Kier alpha value is -2.72. The van der Waals surface area contributed by atoms with Crippen LogP contribution in [0.2, 0.25) is 5.02 Å². The zero-order chi connectivity index (χ0) is 17.5. The number of halogens is 1. The van der Waals surface area contributed by atoms with Gasteiger partial charge in [-0.05, 0) is 30.3 Å². The smallest absolute Gasteiger partial charge is 0.257 e. The maximum atomic E-state index is 12.7. The molecular formula is C19H20ClN3O. The molecule has 0 radical (unpaired) electrons. The molecule has 0 spiro atoms. The van der Waals surface area contributed by atoms with Crippen LogP contribution in [0.15, 0.2) is 67.8 Å². The Kier molecular flexibility index (Phi) is 6.04. The van der Waals surface area contributed by atoms with Gasteiger partial charge in [0.15, 0.2) is 0 Å². The summed E-state index contributed by atoms with van der Waals surface area (Å²) in [7, 11) is 0. The van der Waals surface area contributed by atoms with E-state index >= 15 is 0 Å². The van der Waals surface area contributed by atoms with Crippen molar-refractivity contribution in [3.05, 3.63) is 78.4 Å².